The van der Waals surface area contributed by atoms with Gasteiger partial charge in [-0.15, -0.1) is 11.3 Å². The van der Waals surface area contributed by atoms with Gasteiger partial charge < -0.3 is 11.1 Å². The topological polar surface area (TPSA) is 124 Å². The maximum Gasteiger partial charge on any atom is 0.257 e. The van der Waals surface area contributed by atoms with Crippen molar-refractivity contribution < 1.29 is 4.79 Å². The molecule has 1 aliphatic rings. The molecule has 1 atom stereocenters. The van der Waals surface area contributed by atoms with E-state index in [1.165, 1.54) is 17.7 Å². The molecule has 0 saturated carbocycles. The highest BCUT2D eigenvalue weighted by Crippen LogP contribution is 2.32. The van der Waals surface area contributed by atoms with E-state index in [1.807, 2.05) is 23.7 Å². The molecular formula is C20H20N8OS. The highest BCUT2D eigenvalue weighted by molar-refractivity contribution is 7.15. The Labute approximate surface area is 176 Å². The molecular weight excluding hydrogens is 400 g/mol. The molecule has 152 valence electrons. The first-order valence-corrected chi connectivity index (χ1v) is 10.5. The smallest absolute Gasteiger partial charge is 0.257 e. The van der Waals surface area contributed by atoms with Gasteiger partial charge in [-0.05, 0) is 32.0 Å². The summed E-state index contributed by atoms with van der Waals surface area (Å²) in [6.07, 6.45) is 4.18. The van der Waals surface area contributed by atoms with E-state index in [9.17, 15) is 4.79 Å². The lowest BCUT2D eigenvalue weighted by molar-refractivity contribution is 0.102. The van der Waals surface area contributed by atoms with Crippen molar-refractivity contribution in [3.05, 3.63) is 47.2 Å². The Morgan fingerprint density at radius 3 is 2.80 bits per heavy atom. The van der Waals surface area contributed by atoms with Crippen molar-refractivity contribution in [2.75, 3.05) is 24.1 Å². The number of amides is 1. The zero-order valence-corrected chi connectivity index (χ0v) is 17.1. The number of fused-ring (bicyclic) bond motifs is 1. The summed E-state index contributed by atoms with van der Waals surface area (Å²) in [5, 5.41) is 12.3. The molecule has 0 bridgehead atoms. The number of carbonyl (C=O) groups is 1. The average molecular weight is 421 g/mol. The number of nitrogens with zero attached hydrogens (tertiary/aromatic N) is 5. The molecule has 3 aromatic heterocycles. The predicted octanol–water partition coefficient (Wildman–Crippen LogP) is 2.63. The number of nitrogens with one attached hydrogen (secondary N) is 2. The van der Waals surface area contributed by atoms with Crippen LogP contribution >= 0.6 is 11.3 Å². The zero-order chi connectivity index (χ0) is 20.7. The fourth-order valence-corrected chi connectivity index (χ4v) is 4.32. The Bertz CT molecular complexity index is 1220. The molecule has 0 spiro atoms. The van der Waals surface area contributed by atoms with Crippen molar-refractivity contribution in [2.24, 2.45) is 0 Å². The van der Waals surface area contributed by atoms with Crippen LogP contribution in [0.15, 0.2) is 36.8 Å². The Kier molecular flexibility index (Phi) is 4.64. The molecule has 5 rings (SSSR count). The minimum Gasteiger partial charge on any atom is -0.383 e. The fourth-order valence-electron chi connectivity index (χ4n) is 3.66. The molecule has 9 nitrogen and oxygen atoms in total. The van der Waals surface area contributed by atoms with Gasteiger partial charge in [0, 0.05) is 28.7 Å². The Morgan fingerprint density at radius 2 is 2.10 bits per heavy atom. The summed E-state index contributed by atoms with van der Waals surface area (Å²) in [4.78, 5) is 26.3. The lowest BCUT2D eigenvalue weighted by atomic mass is 10.1. The van der Waals surface area contributed by atoms with Gasteiger partial charge in [-0.25, -0.2) is 19.6 Å². The number of thiazole rings is 1. The first-order chi connectivity index (χ1) is 14.6. The number of hydrogen-bond donors (Lipinski definition) is 3. The maximum absolute atomic E-state index is 12.5. The van der Waals surface area contributed by atoms with Crippen molar-refractivity contribution in [2.45, 2.75) is 19.4 Å². The minimum atomic E-state index is -0.203. The van der Waals surface area contributed by atoms with Crippen molar-refractivity contribution in [1.29, 1.82) is 0 Å². The van der Waals surface area contributed by atoms with E-state index in [0.29, 0.717) is 16.5 Å². The van der Waals surface area contributed by atoms with E-state index >= 15 is 0 Å². The van der Waals surface area contributed by atoms with Crippen molar-refractivity contribution >= 4 is 39.2 Å². The molecule has 1 fully saturated rings. The number of aryl methyl sites for hydroxylation is 1. The van der Waals surface area contributed by atoms with Gasteiger partial charge in [-0.3, -0.25) is 10.1 Å². The molecule has 1 unspecified atom stereocenters. The minimum absolute atomic E-state index is 0.203. The van der Waals surface area contributed by atoms with Crippen LogP contribution in [-0.4, -0.2) is 43.7 Å². The lowest BCUT2D eigenvalue weighted by Gasteiger charge is -2.09. The summed E-state index contributed by atoms with van der Waals surface area (Å²) in [7, 11) is 0. The van der Waals surface area contributed by atoms with Crippen LogP contribution in [0.2, 0.25) is 0 Å². The number of rotatable bonds is 4. The van der Waals surface area contributed by atoms with Gasteiger partial charge >= 0.3 is 0 Å². The zero-order valence-electron chi connectivity index (χ0n) is 16.3. The van der Waals surface area contributed by atoms with Gasteiger partial charge in [0.05, 0.1) is 11.4 Å². The number of aromatic nitrogens is 5. The van der Waals surface area contributed by atoms with Crippen LogP contribution in [0.1, 0.15) is 27.7 Å². The molecule has 1 aromatic carbocycles. The Morgan fingerprint density at radius 1 is 1.27 bits per heavy atom. The highest BCUT2D eigenvalue weighted by Gasteiger charge is 2.24. The molecule has 1 amide bonds. The summed E-state index contributed by atoms with van der Waals surface area (Å²) < 4.78 is 1.94. The third-order valence-electron chi connectivity index (χ3n) is 5.16. The van der Waals surface area contributed by atoms with Crippen LogP contribution in [-0.2, 0) is 0 Å². The molecule has 10 heteroatoms. The first-order valence-electron chi connectivity index (χ1n) is 9.64. The normalized spacial score (nSPS) is 16.2. The van der Waals surface area contributed by atoms with Crippen LogP contribution < -0.4 is 16.4 Å². The van der Waals surface area contributed by atoms with E-state index in [2.05, 4.69) is 25.6 Å². The SMILES string of the molecule is Cc1cnc(NC(=O)c2ccc(-c3nn(C4CCNC4)c4ncnc(N)c34)cc2)s1. The van der Waals surface area contributed by atoms with E-state index in [1.54, 1.807) is 18.3 Å². The van der Waals surface area contributed by atoms with E-state index in [-0.39, 0.29) is 11.9 Å². The molecule has 1 aliphatic heterocycles. The monoisotopic (exact) mass is 420 g/mol. The number of carbonyl (C=O) groups excluding carboxylic acids is 1. The molecule has 4 aromatic rings. The van der Waals surface area contributed by atoms with Crippen molar-refractivity contribution in [3.8, 4) is 11.3 Å². The maximum atomic E-state index is 12.5. The molecule has 0 radical (unpaired) electrons. The summed E-state index contributed by atoms with van der Waals surface area (Å²) >= 11 is 1.44. The highest BCUT2D eigenvalue weighted by atomic mass is 32.1. The Hall–Kier alpha value is -3.37. The molecule has 30 heavy (non-hydrogen) atoms. The van der Waals surface area contributed by atoms with Gasteiger partial charge in [0.15, 0.2) is 10.8 Å². The van der Waals surface area contributed by atoms with Crippen LogP contribution in [0, 0.1) is 6.92 Å². The van der Waals surface area contributed by atoms with E-state index in [0.717, 1.165) is 46.7 Å². The second-order valence-electron chi connectivity index (χ2n) is 7.20. The molecule has 4 N–H and O–H groups in total. The van der Waals surface area contributed by atoms with Crippen molar-refractivity contribution in [1.82, 2.24) is 30.0 Å². The van der Waals surface area contributed by atoms with Gasteiger partial charge in [-0.2, -0.15) is 5.10 Å². The predicted molar refractivity (Wildman–Crippen MR) is 116 cm³/mol. The van der Waals surface area contributed by atoms with Gasteiger partial charge in [0.1, 0.15) is 17.8 Å². The number of nitrogens with two attached hydrogens (primary N) is 1. The van der Waals surface area contributed by atoms with E-state index in [4.69, 9.17) is 10.8 Å². The first kappa shape index (κ1) is 18.6. The average Bonchev–Trinajstić information content (AvgIpc) is 3.48. The second kappa shape index (κ2) is 7.47. The molecule has 4 heterocycles. The van der Waals surface area contributed by atoms with Gasteiger partial charge in [0.25, 0.3) is 5.91 Å². The largest absolute Gasteiger partial charge is 0.383 e. The van der Waals surface area contributed by atoms with E-state index < -0.39 is 0 Å². The Balaban J connectivity index is 1.49. The number of anilines is 2. The number of nitrogen functional groups attached to an aromatic ring is 1. The third-order valence-corrected chi connectivity index (χ3v) is 5.99. The number of hydrogen-bond acceptors (Lipinski definition) is 8. The third kappa shape index (κ3) is 3.29. The van der Waals surface area contributed by atoms with Crippen LogP contribution in [0.5, 0.6) is 0 Å². The standard InChI is InChI=1S/C20H20N8OS/c1-11-8-23-20(30-11)26-19(29)13-4-2-12(3-5-13)16-15-17(21)24-10-25-18(15)28(27-16)14-6-7-22-9-14/h2-5,8,10,14,22H,6-7,9H2,1H3,(H2,21,24,25)(H,23,26,29). The summed E-state index contributed by atoms with van der Waals surface area (Å²) in [5.74, 6) is 0.194. The summed E-state index contributed by atoms with van der Waals surface area (Å²) in [6, 6.07) is 7.50. The van der Waals surface area contributed by atoms with Gasteiger partial charge in [0.2, 0.25) is 0 Å². The number of benzene rings is 1. The van der Waals surface area contributed by atoms with Crippen molar-refractivity contribution in [3.63, 3.8) is 0 Å². The van der Waals surface area contributed by atoms with Crippen LogP contribution in [0.4, 0.5) is 10.9 Å². The fraction of sp³-hybridized carbons (Fsp3) is 0.250. The quantitative estimate of drug-likeness (QED) is 0.464. The summed E-state index contributed by atoms with van der Waals surface area (Å²) in [6.45, 7) is 3.74. The van der Waals surface area contributed by atoms with Gasteiger partial charge in [-0.1, -0.05) is 12.1 Å². The molecule has 1 saturated heterocycles. The van der Waals surface area contributed by atoms with Crippen LogP contribution in [0.25, 0.3) is 22.3 Å². The lowest BCUT2D eigenvalue weighted by Crippen LogP contribution is -2.15. The second-order valence-corrected chi connectivity index (χ2v) is 8.44. The summed E-state index contributed by atoms with van der Waals surface area (Å²) in [5.41, 5.74) is 9.03. The molecule has 0 aliphatic carbocycles. The van der Waals surface area contributed by atoms with Crippen LogP contribution in [0.3, 0.4) is 0 Å².